The van der Waals surface area contributed by atoms with Gasteiger partial charge in [-0.3, -0.25) is 5.41 Å². The van der Waals surface area contributed by atoms with Crippen molar-refractivity contribution in [2.45, 2.75) is 26.3 Å². The summed E-state index contributed by atoms with van der Waals surface area (Å²) < 4.78 is 0. The number of nitrogens with one attached hydrogen (secondary N) is 1. The molecule has 0 unspecified atom stereocenters. The van der Waals surface area contributed by atoms with Gasteiger partial charge in [0.2, 0.25) is 0 Å². The molecule has 76 valence electrons. The molecule has 0 aromatic heterocycles. The van der Waals surface area contributed by atoms with Crippen molar-refractivity contribution in [2.24, 2.45) is 0 Å². The molecule has 0 saturated heterocycles. The molecule has 0 aliphatic heterocycles. The largest absolute Gasteiger partial charge is 0.354 e. The summed E-state index contributed by atoms with van der Waals surface area (Å²) in [7, 11) is 0. The van der Waals surface area contributed by atoms with Gasteiger partial charge in [-0.15, -0.1) is 0 Å². The minimum Gasteiger partial charge on any atom is -0.354 e. The predicted molar refractivity (Wildman–Crippen MR) is 60.6 cm³/mol. The van der Waals surface area contributed by atoms with Crippen LogP contribution in [0.5, 0.6) is 0 Å². The Bertz CT molecular complexity index is 290. The number of nitrogens with zero attached hydrogens (tertiary/aromatic N) is 1. The fourth-order valence-corrected chi connectivity index (χ4v) is 1.66. The Hall–Kier alpha value is -1.31. The number of benzene rings is 1. The molecule has 0 spiro atoms. The zero-order chi connectivity index (χ0) is 10.6. The molecule has 0 aliphatic rings. The van der Waals surface area contributed by atoms with Crippen molar-refractivity contribution in [2.75, 3.05) is 6.54 Å². The molecule has 1 aromatic rings. The van der Waals surface area contributed by atoms with Gasteiger partial charge < -0.3 is 4.90 Å². The van der Waals surface area contributed by atoms with Crippen molar-refractivity contribution < 1.29 is 0 Å². The van der Waals surface area contributed by atoms with E-state index >= 15 is 0 Å². The highest BCUT2D eigenvalue weighted by Crippen LogP contribution is 2.25. The minimum atomic E-state index is -0.0994. The topological polar surface area (TPSA) is 27.1 Å². The van der Waals surface area contributed by atoms with Gasteiger partial charge in [0.15, 0.2) is 0 Å². The molecule has 1 N–H and O–H groups in total. The summed E-state index contributed by atoms with van der Waals surface area (Å²) in [5, 5.41) is 7.37. The standard InChI is InChI=1S/C12H18N2/c1-4-14(10-13)12(2,3)11-8-6-5-7-9-11/h5-10,13H,4H2,1-3H3. The van der Waals surface area contributed by atoms with Gasteiger partial charge in [-0.05, 0) is 26.3 Å². The van der Waals surface area contributed by atoms with Crippen LogP contribution >= 0.6 is 0 Å². The molecule has 1 rings (SSSR count). The molecule has 14 heavy (non-hydrogen) atoms. The van der Waals surface area contributed by atoms with Crippen LogP contribution in [0.25, 0.3) is 0 Å². The first-order chi connectivity index (χ1) is 6.62. The van der Waals surface area contributed by atoms with Gasteiger partial charge in [0.05, 0.1) is 11.9 Å². The van der Waals surface area contributed by atoms with Crippen LogP contribution < -0.4 is 0 Å². The van der Waals surface area contributed by atoms with Crippen molar-refractivity contribution in [3.8, 4) is 0 Å². The Balaban J connectivity index is 3.00. The Morgan fingerprint density at radius 2 is 1.86 bits per heavy atom. The first-order valence-corrected chi connectivity index (χ1v) is 4.95. The third kappa shape index (κ3) is 1.95. The molecule has 0 radical (unpaired) electrons. The van der Waals surface area contributed by atoms with E-state index in [2.05, 4.69) is 32.9 Å². The summed E-state index contributed by atoms with van der Waals surface area (Å²) in [6.45, 7) is 7.19. The molecule has 0 amide bonds. The number of hydrogen-bond donors (Lipinski definition) is 1. The third-order valence-electron chi connectivity index (χ3n) is 2.69. The average molecular weight is 190 g/mol. The molecule has 0 bridgehead atoms. The molecular formula is C12H18N2. The molecule has 2 nitrogen and oxygen atoms in total. The summed E-state index contributed by atoms with van der Waals surface area (Å²) >= 11 is 0. The van der Waals surface area contributed by atoms with E-state index in [0.29, 0.717) is 0 Å². The lowest BCUT2D eigenvalue weighted by Gasteiger charge is -2.36. The highest BCUT2D eigenvalue weighted by molar-refractivity contribution is 5.53. The van der Waals surface area contributed by atoms with E-state index in [1.54, 1.807) is 0 Å². The first-order valence-electron chi connectivity index (χ1n) is 4.95. The number of rotatable bonds is 4. The van der Waals surface area contributed by atoms with Crippen LogP contribution in [-0.2, 0) is 5.54 Å². The van der Waals surface area contributed by atoms with Crippen LogP contribution in [0, 0.1) is 5.41 Å². The molecular weight excluding hydrogens is 172 g/mol. The molecule has 0 fully saturated rings. The maximum atomic E-state index is 7.37. The highest BCUT2D eigenvalue weighted by Gasteiger charge is 2.24. The smallest absolute Gasteiger partial charge is 0.0824 e. The zero-order valence-corrected chi connectivity index (χ0v) is 9.12. The van der Waals surface area contributed by atoms with Crippen molar-refractivity contribution in [3.05, 3.63) is 35.9 Å². The van der Waals surface area contributed by atoms with Crippen LogP contribution in [0.4, 0.5) is 0 Å². The lowest BCUT2D eigenvalue weighted by atomic mass is 9.93. The molecule has 2 heteroatoms. The van der Waals surface area contributed by atoms with E-state index in [4.69, 9.17) is 5.41 Å². The van der Waals surface area contributed by atoms with Gasteiger partial charge in [-0.2, -0.15) is 0 Å². The molecule has 0 saturated carbocycles. The third-order valence-corrected chi connectivity index (χ3v) is 2.69. The van der Waals surface area contributed by atoms with Crippen LogP contribution in [0.2, 0.25) is 0 Å². The van der Waals surface area contributed by atoms with Crippen LogP contribution in [-0.4, -0.2) is 17.8 Å². The van der Waals surface area contributed by atoms with Gasteiger partial charge in [-0.25, -0.2) is 0 Å². The highest BCUT2D eigenvalue weighted by atomic mass is 15.2. The van der Waals surface area contributed by atoms with E-state index < -0.39 is 0 Å². The lowest BCUT2D eigenvalue weighted by molar-refractivity contribution is 0.233. The Morgan fingerprint density at radius 1 is 1.29 bits per heavy atom. The Kier molecular flexibility index (Phi) is 3.28. The number of hydrogen-bond acceptors (Lipinski definition) is 1. The molecule has 0 atom stereocenters. The fraction of sp³-hybridized carbons (Fsp3) is 0.417. The maximum Gasteiger partial charge on any atom is 0.0824 e. The summed E-state index contributed by atoms with van der Waals surface area (Å²) in [4.78, 5) is 2.02. The first kappa shape index (κ1) is 10.8. The average Bonchev–Trinajstić information content (AvgIpc) is 2.20. The minimum absolute atomic E-state index is 0.0994. The van der Waals surface area contributed by atoms with E-state index in [0.717, 1.165) is 6.54 Å². The summed E-state index contributed by atoms with van der Waals surface area (Å²) in [5.41, 5.74) is 1.14. The van der Waals surface area contributed by atoms with Crippen LogP contribution in [0.15, 0.2) is 30.3 Å². The van der Waals surface area contributed by atoms with Gasteiger partial charge in [0, 0.05) is 6.54 Å². The van der Waals surface area contributed by atoms with Crippen LogP contribution in [0.1, 0.15) is 26.3 Å². The van der Waals surface area contributed by atoms with Crippen molar-refractivity contribution in [1.82, 2.24) is 4.90 Å². The Morgan fingerprint density at radius 3 is 2.29 bits per heavy atom. The van der Waals surface area contributed by atoms with E-state index in [1.807, 2.05) is 23.1 Å². The van der Waals surface area contributed by atoms with E-state index in [-0.39, 0.29) is 5.54 Å². The SMILES string of the molecule is CCN(C=N)C(C)(C)c1ccccc1. The van der Waals surface area contributed by atoms with Crippen LogP contribution in [0.3, 0.4) is 0 Å². The second kappa shape index (κ2) is 4.27. The van der Waals surface area contributed by atoms with Gasteiger partial charge >= 0.3 is 0 Å². The Labute approximate surface area is 86.1 Å². The monoisotopic (exact) mass is 190 g/mol. The fourth-order valence-electron chi connectivity index (χ4n) is 1.66. The van der Waals surface area contributed by atoms with Crippen molar-refractivity contribution >= 4 is 6.34 Å². The zero-order valence-electron chi connectivity index (χ0n) is 9.12. The van der Waals surface area contributed by atoms with Crippen molar-refractivity contribution in [1.29, 1.82) is 5.41 Å². The lowest BCUT2D eigenvalue weighted by Crippen LogP contribution is -2.40. The summed E-state index contributed by atoms with van der Waals surface area (Å²) in [5.74, 6) is 0. The molecule has 0 heterocycles. The van der Waals surface area contributed by atoms with Gasteiger partial charge in [-0.1, -0.05) is 30.3 Å². The van der Waals surface area contributed by atoms with E-state index in [1.165, 1.54) is 11.9 Å². The predicted octanol–water partition coefficient (Wildman–Crippen LogP) is 2.85. The van der Waals surface area contributed by atoms with Gasteiger partial charge in [0.25, 0.3) is 0 Å². The quantitative estimate of drug-likeness (QED) is 0.573. The summed E-state index contributed by atoms with van der Waals surface area (Å²) in [6, 6.07) is 10.3. The second-order valence-corrected chi connectivity index (χ2v) is 3.84. The van der Waals surface area contributed by atoms with E-state index in [9.17, 15) is 0 Å². The molecule has 0 aliphatic carbocycles. The second-order valence-electron chi connectivity index (χ2n) is 3.84. The van der Waals surface area contributed by atoms with Gasteiger partial charge in [0.1, 0.15) is 0 Å². The summed E-state index contributed by atoms with van der Waals surface area (Å²) in [6.07, 6.45) is 1.41. The molecule has 1 aromatic carbocycles. The maximum absolute atomic E-state index is 7.37. The van der Waals surface area contributed by atoms with Crippen molar-refractivity contribution in [3.63, 3.8) is 0 Å². The normalized spacial score (nSPS) is 11.1.